The SMILES string of the molecule is CCC(C(=O)N1CCC(NC(=O)Cn2cnc3c(cnn3C)c2=O)CC1)c1ccccc1. The monoisotopic (exact) mass is 436 g/mol. The topological polar surface area (TPSA) is 102 Å². The van der Waals surface area contributed by atoms with Gasteiger partial charge in [-0.2, -0.15) is 5.10 Å². The van der Waals surface area contributed by atoms with Crippen molar-refractivity contribution in [3.8, 4) is 0 Å². The Hall–Kier alpha value is -3.49. The van der Waals surface area contributed by atoms with Crippen molar-refractivity contribution < 1.29 is 9.59 Å². The van der Waals surface area contributed by atoms with Gasteiger partial charge >= 0.3 is 0 Å². The molecule has 4 rings (SSSR count). The van der Waals surface area contributed by atoms with Crippen molar-refractivity contribution in [3.05, 3.63) is 58.8 Å². The van der Waals surface area contributed by atoms with E-state index < -0.39 is 0 Å². The molecule has 2 aromatic heterocycles. The zero-order chi connectivity index (χ0) is 22.7. The van der Waals surface area contributed by atoms with Crippen molar-refractivity contribution in [2.24, 2.45) is 7.05 Å². The van der Waals surface area contributed by atoms with Gasteiger partial charge in [0.25, 0.3) is 5.56 Å². The highest BCUT2D eigenvalue weighted by Crippen LogP contribution is 2.24. The van der Waals surface area contributed by atoms with Crippen molar-refractivity contribution in [2.75, 3.05) is 13.1 Å². The van der Waals surface area contributed by atoms with Crippen LogP contribution in [0.3, 0.4) is 0 Å². The van der Waals surface area contributed by atoms with E-state index in [2.05, 4.69) is 15.4 Å². The van der Waals surface area contributed by atoms with Gasteiger partial charge in [-0.3, -0.25) is 23.6 Å². The molecule has 0 spiro atoms. The Bertz CT molecular complexity index is 1160. The van der Waals surface area contributed by atoms with Crippen LogP contribution in [0.5, 0.6) is 0 Å². The third-order valence-corrected chi connectivity index (χ3v) is 6.11. The molecule has 1 saturated heterocycles. The smallest absolute Gasteiger partial charge is 0.264 e. The molecule has 168 valence electrons. The standard InChI is InChI=1S/C23H28N6O3/c1-3-18(16-7-5-4-6-8-16)22(31)28-11-9-17(10-12-28)26-20(30)14-29-15-24-21-19(23(29)32)13-25-27(21)2/h4-8,13,15,17-18H,3,9-12,14H2,1-2H3,(H,26,30). The maximum Gasteiger partial charge on any atom is 0.264 e. The Morgan fingerprint density at radius 2 is 1.91 bits per heavy atom. The average molecular weight is 437 g/mol. The molecule has 1 aliphatic heterocycles. The predicted octanol–water partition coefficient (Wildman–Crippen LogP) is 1.43. The molecule has 3 heterocycles. The number of hydrogen-bond donors (Lipinski definition) is 1. The van der Waals surface area contributed by atoms with Crippen LogP contribution < -0.4 is 10.9 Å². The van der Waals surface area contributed by atoms with Gasteiger partial charge in [0.1, 0.15) is 18.3 Å². The Kier molecular flexibility index (Phi) is 6.34. The highest BCUT2D eigenvalue weighted by Gasteiger charge is 2.28. The lowest BCUT2D eigenvalue weighted by molar-refractivity contribution is -0.134. The predicted molar refractivity (Wildman–Crippen MR) is 120 cm³/mol. The van der Waals surface area contributed by atoms with Gasteiger partial charge in [0.2, 0.25) is 11.8 Å². The number of carbonyl (C=O) groups excluding carboxylic acids is 2. The number of benzene rings is 1. The van der Waals surface area contributed by atoms with Crippen molar-refractivity contribution in [2.45, 2.75) is 44.7 Å². The first-order valence-corrected chi connectivity index (χ1v) is 11.0. The van der Waals surface area contributed by atoms with E-state index in [1.54, 1.807) is 7.05 Å². The summed E-state index contributed by atoms with van der Waals surface area (Å²) in [5.41, 5.74) is 1.25. The Morgan fingerprint density at radius 1 is 1.19 bits per heavy atom. The summed E-state index contributed by atoms with van der Waals surface area (Å²) in [5, 5.41) is 7.42. The minimum atomic E-state index is -0.287. The summed E-state index contributed by atoms with van der Waals surface area (Å²) in [6.45, 7) is 3.15. The molecule has 9 heteroatoms. The lowest BCUT2D eigenvalue weighted by Gasteiger charge is -2.34. The third kappa shape index (κ3) is 4.42. The summed E-state index contributed by atoms with van der Waals surface area (Å²) in [6.07, 6.45) is 4.98. The van der Waals surface area contributed by atoms with Gasteiger partial charge in [0.15, 0.2) is 5.65 Å². The summed E-state index contributed by atoms with van der Waals surface area (Å²) < 4.78 is 2.82. The number of piperidine rings is 1. The van der Waals surface area contributed by atoms with Crippen LogP contribution in [0.1, 0.15) is 37.7 Å². The number of amides is 2. The maximum absolute atomic E-state index is 13.0. The van der Waals surface area contributed by atoms with E-state index >= 15 is 0 Å². The number of aryl methyl sites for hydroxylation is 1. The Balaban J connectivity index is 1.32. The minimum absolute atomic E-state index is 0.0193. The number of fused-ring (bicyclic) bond motifs is 1. The molecule has 2 amide bonds. The molecular weight excluding hydrogens is 408 g/mol. The molecule has 9 nitrogen and oxygen atoms in total. The number of rotatable bonds is 6. The Morgan fingerprint density at radius 3 is 2.59 bits per heavy atom. The fraction of sp³-hybridized carbons (Fsp3) is 0.435. The van der Waals surface area contributed by atoms with Gasteiger partial charge in [-0.05, 0) is 24.8 Å². The molecule has 1 atom stereocenters. The van der Waals surface area contributed by atoms with Gasteiger partial charge in [-0.1, -0.05) is 37.3 Å². The molecule has 1 unspecified atom stereocenters. The van der Waals surface area contributed by atoms with E-state index in [0.717, 1.165) is 12.0 Å². The van der Waals surface area contributed by atoms with E-state index in [4.69, 9.17) is 0 Å². The largest absolute Gasteiger partial charge is 0.352 e. The summed E-state index contributed by atoms with van der Waals surface area (Å²) >= 11 is 0. The highest BCUT2D eigenvalue weighted by atomic mass is 16.2. The van der Waals surface area contributed by atoms with Crippen LogP contribution in [0.4, 0.5) is 0 Å². The summed E-state index contributed by atoms with van der Waals surface area (Å²) in [4.78, 5) is 44.2. The van der Waals surface area contributed by atoms with Gasteiger partial charge in [0, 0.05) is 26.2 Å². The molecule has 3 aromatic rings. The molecule has 32 heavy (non-hydrogen) atoms. The zero-order valence-corrected chi connectivity index (χ0v) is 18.4. The second-order valence-corrected chi connectivity index (χ2v) is 8.22. The van der Waals surface area contributed by atoms with Gasteiger partial charge in [-0.25, -0.2) is 4.98 Å². The van der Waals surface area contributed by atoms with Crippen molar-refractivity contribution >= 4 is 22.8 Å². The van der Waals surface area contributed by atoms with E-state index in [1.807, 2.05) is 42.2 Å². The van der Waals surface area contributed by atoms with E-state index in [-0.39, 0.29) is 35.9 Å². The average Bonchev–Trinajstić information content (AvgIpc) is 3.19. The zero-order valence-electron chi connectivity index (χ0n) is 18.4. The van der Waals surface area contributed by atoms with Crippen LogP contribution in [-0.4, -0.2) is 55.2 Å². The second kappa shape index (κ2) is 9.33. The molecular formula is C23H28N6O3. The molecule has 1 N–H and O–H groups in total. The highest BCUT2D eigenvalue weighted by molar-refractivity contribution is 5.84. The van der Waals surface area contributed by atoms with Crippen LogP contribution >= 0.6 is 0 Å². The van der Waals surface area contributed by atoms with Crippen LogP contribution in [0, 0.1) is 0 Å². The number of carbonyl (C=O) groups is 2. The number of nitrogens with one attached hydrogen (secondary N) is 1. The number of likely N-dealkylation sites (tertiary alicyclic amines) is 1. The van der Waals surface area contributed by atoms with Gasteiger partial charge in [0.05, 0.1) is 12.1 Å². The third-order valence-electron chi connectivity index (χ3n) is 6.11. The number of nitrogens with zero attached hydrogens (tertiary/aromatic N) is 5. The maximum atomic E-state index is 13.0. The molecule has 0 aliphatic carbocycles. The van der Waals surface area contributed by atoms with Crippen molar-refractivity contribution in [3.63, 3.8) is 0 Å². The quantitative estimate of drug-likeness (QED) is 0.630. The second-order valence-electron chi connectivity index (χ2n) is 8.22. The lowest BCUT2D eigenvalue weighted by atomic mass is 9.93. The van der Waals surface area contributed by atoms with Crippen LogP contribution in [-0.2, 0) is 23.2 Å². The van der Waals surface area contributed by atoms with E-state index in [1.165, 1.54) is 21.8 Å². The molecule has 0 saturated carbocycles. The van der Waals surface area contributed by atoms with Crippen LogP contribution in [0.2, 0.25) is 0 Å². The minimum Gasteiger partial charge on any atom is -0.352 e. The summed E-state index contributed by atoms with van der Waals surface area (Å²) in [5.74, 6) is -0.229. The van der Waals surface area contributed by atoms with E-state index in [9.17, 15) is 14.4 Å². The number of hydrogen-bond acceptors (Lipinski definition) is 5. The molecule has 0 radical (unpaired) electrons. The van der Waals surface area contributed by atoms with Gasteiger partial charge < -0.3 is 10.2 Å². The number of aromatic nitrogens is 4. The van der Waals surface area contributed by atoms with Crippen molar-refractivity contribution in [1.82, 2.24) is 29.5 Å². The van der Waals surface area contributed by atoms with Gasteiger partial charge in [-0.15, -0.1) is 0 Å². The van der Waals surface area contributed by atoms with Crippen LogP contribution in [0.25, 0.3) is 11.0 Å². The normalized spacial score (nSPS) is 15.6. The summed E-state index contributed by atoms with van der Waals surface area (Å²) in [6, 6.07) is 9.85. The fourth-order valence-electron chi connectivity index (χ4n) is 4.31. The molecule has 1 fully saturated rings. The first kappa shape index (κ1) is 21.7. The lowest BCUT2D eigenvalue weighted by Crippen LogP contribution is -2.48. The molecule has 1 aromatic carbocycles. The molecule has 1 aliphatic rings. The fourth-order valence-corrected chi connectivity index (χ4v) is 4.31. The first-order valence-electron chi connectivity index (χ1n) is 11.0. The van der Waals surface area contributed by atoms with E-state index in [0.29, 0.717) is 37.0 Å². The van der Waals surface area contributed by atoms with Crippen molar-refractivity contribution in [1.29, 1.82) is 0 Å². The van der Waals surface area contributed by atoms with Crippen LogP contribution in [0.15, 0.2) is 47.7 Å². The summed E-state index contributed by atoms with van der Waals surface area (Å²) in [7, 11) is 1.71. The Labute approximate surface area is 186 Å². The first-order chi connectivity index (χ1) is 15.5. The molecule has 0 bridgehead atoms.